The van der Waals surface area contributed by atoms with E-state index in [0.29, 0.717) is 23.7 Å². The van der Waals surface area contributed by atoms with Crippen LogP contribution in [0.1, 0.15) is 24.0 Å². The van der Waals surface area contributed by atoms with Gasteiger partial charge in [0.15, 0.2) is 17.3 Å². The molecule has 0 spiro atoms. The molecule has 1 aromatic carbocycles. The molecule has 3 atom stereocenters. The Labute approximate surface area is 160 Å². The molecule has 3 aliphatic rings. The largest absolute Gasteiger partial charge is 0.497 e. The zero-order valence-electron chi connectivity index (χ0n) is 16.6. The maximum absolute atomic E-state index is 13.0. The lowest BCUT2D eigenvalue weighted by Crippen LogP contribution is -2.61. The fraction of sp³-hybridized carbons (Fsp3) is 0.571. The standard InChI is InChI=1S/C21H27NO5/c1-22-7-6-21-11-15(23)19(26-4)20(27-5)18(21)14(22)8-12-9-16(24-2)17(25-3)10-13(12)21/h9-10,14,18H,6-8,11H2,1-5H3/t14-,18-,21-/m0/s1. The molecule has 0 amide bonds. The van der Waals surface area contributed by atoms with Gasteiger partial charge in [0.25, 0.3) is 0 Å². The fourth-order valence-corrected chi connectivity index (χ4v) is 5.47. The van der Waals surface area contributed by atoms with Crippen molar-refractivity contribution in [2.45, 2.75) is 30.7 Å². The van der Waals surface area contributed by atoms with Crippen LogP contribution in [-0.2, 0) is 26.1 Å². The second-order valence-corrected chi connectivity index (χ2v) is 7.70. The lowest BCUT2D eigenvalue weighted by atomic mass is 9.53. The van der Waals surface area contributed by atoms with Crippen molar-refractivity contribution in [3.05, 3.63) is 34.8 Å². The summed E-state index contributed by atoms with van der Waals surface area (Å²) in [5, 5.41) is 0. The number of nitrogens with zero attached hydrogens (tertiary/aromatic N) is 1. The molecule has 0 unspecified atom stereocenters. The number of benzene rings is 1. The Hall–Kier alpha value is -2.21. The highest BCUT2D eigenvalue weighted by atomic mass is 16.5. The molecule has 4 rings (SSSR count). The van der Waals surface area contributed by atoms with Crippen molar-refractivity contribution in [1.29, 1.82) is 0 Å². The molecular formula is C21H27NO5. The Kier molecular flexibility index (Phi) is 4.34. The highest BCUT2D eigenvalue weighted by Crippen LogP contribution is 2.57. The van der Waals surface area contributed by atoms with Gasteiger partial charge >= 0.3 is 0 Å². The SMILES string of the molecule is COC1=C(OC)[C@@H]2[C@@H]3Cc4cc(OC)c(OC)cc4[C@]2(CCN3C)CC1=O. The molecule has 0 aromatic heterocycles. The maximum Gasteiger partial charge on any atom is 0.201 e. The number of hydrogen-bond donors (Lipinski definition) is 0. The van der Waals surface area contributed by atoms with Crippen LogP contribution in [0.5, 0.6) is 11.5 Å². The molecule has 0 N–H and O–H groups in total. The third-order valence-corrected chi connectivity index (χ3v) is 6.69. The number of rotatable bonds is 4. The van der Waals surface area contributed by atoms with Gasteiger partial charge in [0.2, 0.25) is 5.78 Å². The number of allylic oxidation sites excluding steroid dienone is 1. The predicted molar refractivity (Wildman–Crippen MR) is 100 cm³/mol. The van der Waals surface area contributed by atoms with Crippen molar-refractivity contribution in [3.8, 4) is 11.5 Å². The van der Waals surface area contributed by atoms with Crippen molar-refractivity contribution >= 4 is 5.78 Å². The number of piperidine rings is 1. The first-order chi connectivity index (χ1) is 13.0. The van der Waals surface area contributed by atoms with Crippen molar-refractivity contribution in [1.82, 2.24) is 4.90 Å². The lowest BCUT2D eigenvalue weighted by molar-refractivity contribution is -0.125. The number of carbonyl (C=O) groups is 1. The van der Waals surface area contributed by atoms with E-state index < -0.39 is 0 Å². The van der Waals surface area contributed by atoms with Crippen LogP contribution in [0.25, 0.3) is 0 Å². The van der Waals surface area contributed by atoms with Gasteiger partial charge in [0.05, 0.1) is 28.4 Å². The molecule has 2 aliphatic carbocycles. The van der Waals surface area contributed by atoms with Gasteiger partial charge in [-0.05, 0) is 49.7 Å². The second kappa shape index (κ2) is 6.44. The highest BCUT2D eigenvalue weighted by molar-refractivity contribution is 5.96. The van der Waals surface area contributed by atoms with E-state index in [1.54, 1.807) is 28.4 Å². The molecule has 0 saturated carbocycles. The van der Waals surface area contributed by atoms with E-state index in [-0.39, 0.29) is 23.2 Å². The van der Waals surface area contributed by atoms with Gasteiger partial charge in [-0.1, -0.05) is 0 Å². The number of likely N-dealkylation sites (N-methyl/N-ethyl adjacent to an activating group) is 1. The van der Waals surface area contributed by atoms with Gasteiger partial charge in [-0.25, -0.2) is 0 Å². The average Bonchev–Trinajstić information content (AvgIpc) is 2.68. The number of carbonyl (C=O) groups excluding carboxylic acids is 1. The van der Waals surface area contributed by atoms with Crippen LogP contribution in [0.3, 0.4) is 0 Å². The smallest absolute Gasteiger partial charge is 0.201 e. The molecule has 1 heterocycles. The number of Topliss-reactive ketones (excluding diaryl/α,β-unsaturated/α-hetero) is 1. The van der Waals surface area contributed by atoms with E-state index in [0.717, 1.165) is 25.1 Å². The van der Waals surface area contributed by atoms with Crippen LogP contribution in [-0.4, -0.2) is 58.8 Å². The van der Waals surface area contributed by atoms with E-state index in [9.17, 15) is 4.79 Å². The fourth-order valence-electron chi connectivity index (χ4n) is 5.47. The summed E-state index contributed by atoms with van der Waals surface area (Å²) in [5.74, 6) is 2.59. The minimum atomic E-state index is -0.297. The Morgan fingerprint density at radius 2 is 1.74 bits per heavy atom. The molecule has 27 heavy (non-hydrogen) atoms. The Bertz CT molecular complexity index is 817. The summed E-state index contributed by atoms with van der Waals surface area (Å²) in [4.78, 5) is 15.4. The first kappa shape index (κ1) is 18.2. The summed E-state index contributed by atoms with van der Waals surface area (Å²) in [6.45, 7) is 0.946. The quantitative estimate of drug-likeness (QED) is 0.807. The van der Waals surface area contributed by atoms with Gasteiger partial charge in [-0.3, -0.25) is 4.79 Å². The monoisotopic (exact) mass is 373 g/mol. The Morgan fingerprint density at radius 3 is 2.37 bits per heavy atom. The van der Waals surface area contributed by atoms with E-state index in [4.69, 9.17) is 18.9 Å². The number of ketones is 1. The molecule has 1 aliphatic heterocycles. The molecule has 6 nitrogen and oxygen atoms in total. The topological polar surface area (TPSA) is 57.2 Å². The van der Waals surface area contributed by atoms with Crippen LogP contribution in [0, 0.1) is 5.92 Å². The summed E-state index contributed by atoms with van der Waals surface area (Å²) in [7, 11) is 8.64. The zero-order valence-corrected chi connectivity index (χ0v) is 16.6. The van der Waals surface area contributed by atoms with E-state index >= 15 is 0 Å². The van der Waals surface area contributed by atoms with Crippen molar-refractivity contribution in [3.63, 3.8) is 0 Å². The van der Waals surface area contributed by atoms with E-state index in [1.165, 1.54) is 11.1 Å². The summed E-state index contributed by atoms with van der Waals surface area (Å²) in [5.41, 5.74) is 2.12. The predicted octanol–water partition coefficient (Wildman–Crippen LogP) is 2.30. The minimum Gasteiger partial charge on any atom is -0.497 e. The van der Waals surface area contributed by atoms with Crippen LogP contribution in [0.2, 0.25) is 0 Å². The number of hydrogen-bond acceptors (Lipinski definition) is 6. The molecule has 1 fully saturated rings. The third kappa shape index (κ3) is 2.39. The number of ether oxygens (including phenoxy) is 4. The first-order valence-electron chi connectivity index (χ1n) is 9.31. The van der Waals surface area contributed by atoms with Gasteiger partial charge < -0.3 is 23.8 Å². The first-order valence-corrected chi connectivity index (χ1v) is 9.31. The highest BCUT2D eigenvalue weighted by Gasteiger charge is 2.59. The van der Waals surface area contributed by atoms with E-state index in [1.807, 2.05) is 0 Å². The van der Waals surface area contributed by atoms with Gasteiger partial charge in [-0.2, -0.15) is 0 Å². The Balaban J connectivity index is 1.98. The summed E-state index contributed by atoms with van der Waals surface area (Å²) in [6, 6.07) is 4.39. The van der Waals surface area contributed by atoms with Crippen molar-refractivity contribution < 1.29 is 23.7 Å². The number of likely N-dealkylation sites (tertiary alicyclic amines) is 1. The minimum absolute atomic E-state index is 0.0107. The van der Waals surface area contributed by atoms with E-state index in [2.05, 4.69) is 24.1 Å². The van der Waals surface area contributed by atoms with Crippen LogP contribution >= 0.6 is 0 Å². The normalized spacial score (nSPS) is 29.7. The molecule has 2 bridgehead atoms. The molecule has 1 saturated heterocycles. The van der Waals surface area contributed by atoms with Gasteiger partial charge in [-0.15, -0.1) is 0 Å². The maximum atomic E-state index is 13.0. The van der Waals surface area contributed by atoms with Crippen molar-refractivity contribution in [2.24, 2.45) is 5.92 Å². The number of methoxy groups -OCH3 is 4. The summed E-state index contributed by atoms with van der Waals surface area (Å²) >= 11 is 0. The summed E-state index contributed by atoms with van der Waals surface area (Å²) < 4.78 is 22.3. The molecular weight excluding hydrogens is 346 g/mol. The third-order valence-electron chi connectivity index (χ3n) is 6.69. The molecule has 1 aromatic rings. The average molecular weight is 373 g/mol. The second-order valence-electron chi connectivity index (χ2n) is 7.70. The van der Waals surface area contributed by atoms with Crippen molar-refractivity contribution in [2.75, 3.05) is 42.0 Å². The lowest BCUT2D eigenvalue weighted by Gasteiger charge is -2.57. The van der Waals surface area contributed by atoms with Crippen LogP contribution < -0.4 is 9.47 Å². The zero-order chi connectivity index (χ0) is 19.3. The Morgan fingerprint density at radius 1 is 1.04 bits per heavy atom. The molecule has 146 valence electrons. The van der Waals surface area contributed by atoms with Crippen LogP contribution in [0.15, 0.2) is 23.7 Å². The summed E-state index contributed by atoms with van der Waals surface area (Å²) in [6.07, 6.45) is 2.19. The number of fused-ring (bicyclic) bond motifs is 1. The molecule has 0 radical (unpaired) electrons. The molecule has 6 heteroatoms. The van der Waals surface area contributed by atoms with Gasteiger partial charge in [0.1, 0.15) is 5.76 Å². The van der Waals surface area contributed by atoms with Gasteiger partial charge in [0, 0.05) is 23.8 Å². The van der Waals surface area contributed by atoms with Crippen LogP contribution in [0.4, 0.5) is 0 Å².